The Morgan fingerprint density at radius 2 is 0.915 bits per heavy atom. The number of aliphatic hydroxyl groups excluding tert-OH is 2. The molecule has 6 atom stereocenters. The molecule has 1 rings (SSSR count). The van der Waals surface area contributed by atoms with Gasteiger partial charge in [-0.25, -0.2) is 4.79 Å². The number of aliphatic hydroxyl groups is 2. The number of carboxylic acid groups (broad SMARTS) is 1. The van der Waals surface area contributed by atoms with E-state index in [-0.39, 0.29) is 25.9 Å². The molecule has 0 aromatic heterocycles. The molecule has 1 saturated heterocycles. The third kappa shape index (κ3) is 37.8. The summed E-state index contributed by atoms with van der Waals surface area (Å²) < 4.78 is 28.3. The van der Waals surface area contributed by atoms with Crippen molar-refractivity contribution in [2.75, 3.05) is 13.2 Å². The van der Waals surface area contributed by atoms with E-state index >= 15 is 0 Å². The van der Waals surface area contributed by atoms with Crippen molar-refractivity contribution in [3.8, 4) is 0 Å². The van der Waals surface area contributed by atoms with Crippen molar-refractivity contribution in [2.45, 2.75) is 276 Å². The molecule has 0 amide bonds. The van der Waals surface area contributed by atoms with Gasteiger partial charge in [0, 0.05) is 19.3 Å². The Morgan fingerprint density at radius 1 is 0.479 bits per heavy atom. The molecule has 0 aliphatic carbocycles. The first kappa shape index (κ1) is 65.4. The van der Waals surface area contributed by atoms with Gasteiger partial charge in [0.2, 0.25) is 0 Å². The van der Waals surface area contributed by atoms with E-state index in [0.29, 0.717) is 25.7 Å². The van der Waals surface area contributed by atoms with Crippen LogP contribution >= 0.6 is 0 Å². The Kier molecular flexibility index (Phi) is 43.7. The van der Waals surface area contributed by atoms with E-state index in [2.05, 4.69) is 63.3 Å². The number of ether oxygens (including phenoxy) is 5. The minimum absolute atomic E-state index is 0.0604. The number of hydrogen-bond donors (Lipinski definition) is 3. The molecule has 0 saturated carbocycles. The highest BCUT2D eigenvalue weighted by molar-refractivity contribution is 5.74. The first-order chi connectivity index (χ1) is 34.6. The van der Waals surface area contributed by atoms with Gasteiger partial charge in [0.15, 0.2) is 24.6 Å². The van der Waals surface area contributed by atoms with E-state index in [1.807, 2.05) is 18.2 Å². The SMILES string of the molecule is CC/C=C\C/C=C\C/C=C\C/C=C\CCC(=O)OC1C(OCC(COC(=O)CCCCCCCCC/C=C\CCCCCCCC)OC(=O)CCCCCCCCCCCCC)OC(C(=O)O)C(O)C1O. The van der Waals surface area contributed by atoms with Crippen molar-refractivity contribution in [3.63, 3.8) is 0 Å². The highest BCUT2D eigenvalue weighted by atomic mass is 16.7. The standard InChI is InChI=1S/C59H100O12/c1-4-7-10-13-16-19-22-24-25-26-27-29-31-33-36-39-42-45-51(60)67-48-50(69-52(61)46-43-40-37-34-30-21-18-15-12-9-6-3)49-68-59-57(55(64)54(63)56(71-59)58(65)66)70-53(62)47-44-41-38-35-32-28-23-20-17-14-11-8-5-2/h8,11,17,20,24-25,28,32,38,41,50,54-57,59,63-64H,4-7,9-10,12-16,18-19,21-23,26-27,29-31,33-37,39-40,42-49H2,1-3H3,(H,65,66)/b11-8-,20-17-,25-24-,32-28-,41-38-. The van der Waals surface area contributed by atoms with Crippen LogP contribution < -0.4 is 0 Å². The molecule has 12 heteroatoms. The van der Waals surface area contributed by atoms with Crippen molar-refractivity contribution in [2.24, 2.45) is 0 Å². The largest absolute Gasteiger partial charge is 0.479 e. The van der Waals surface area contributed by atoms with Crippen LogP contribution in [0.15, 0.2) is 60.8 Å². The fourth-order valence-electron chi connectivity index (χ4n) is 8.26. The summed E-state index contributed by atoms with van der Waals surface area (Å²) in [6.45, 7) is 5.82. The monoisotopic (exact) mass is 1000 g/mol. The second-order valence-electron chi connectivity index (χ2n) is 19.2. The van der Waals surface area contributed by atoms with E-state index in [1.165, 1.54) is 109 Å². The van der Waals surface area contributed by atoms with Crippen LogP contribution in [-0.2, 0) is 42.9 Å². The molecule has 1 aliphatic heterocycles. The number of carboxylic acids is 1. The molecular formula is C59H100O12. The van der Waals surface area contributed by atoms with Crippen molar-refractivity contribution in [1.82, 2.24) is 0 Å². The summed E-state index contributed by atoms with van der Waals surface area (Å²) in [5, 5.41) is 31.3. The maximum atomic E-state index is 13.1. The number of esters is 3. The quantitative estimate of drug-likeness (QED) is 0.0228. The van der Waals surface area contributed by atoms with Gasteiger partial charge in [0.25, 0.3) is 0 Å². The minimum Gasteiger partial charge on any atom is -0.479 e. The third-order valence-electron chi connectivity index (χ3n) is 12.6. The van der Waals surface area contributed by atoms with Gasteiger partial charge in [-0.15, -0.1) is 0 Å². The van der Waals surface area contributed by atoms with Crippen molar-refractivity contribution in [1.29, 1.82) is 0 Å². The number of hydrogen-bond acceptors (Lipinski definition) is 11. The number of allylic oxidation sites excluding steroid dienone is 10. The van der Waals surface area contributed by atoms with E-state index in [9.17, 15) is 34.5 Å². The van der Waals surface area contributed by atoms with Crippen LogP contribution in [0.1, 0.15) is 239 Å². The van der Waals surface area contributed by atoms with E-state index in [0.717, 1.165) is 64.2 Å². The van der Waals surface area contributed by atoms with Crippen LogP contribution in [0.2, 0.25) is 0 Å². The molecule has 1 heterocycles. The summed E-state index contributed by atoms with van der Waals surface area (Å²) in [4.78, 5) is 50.9. The van der Waals surface area contributed by atoms with Crippen molar-refractivity contribution in [3.05, 3.63) is 60.8 Å². The molecule has 71 heavy (non-hydrogen) atoms. The molecule has 0 spiro atoms. The van der Waals surface area contributed by atoms with Gasteiger partial charge in [0.1, 0.15) is 18.8 Å². The predicted octanol–water partition coefficient (Wildman–Crippen LogP) is 14.0. The maximum Gasteiger partial charge on any atom is 0.335 e. The molecule has 6 unspecified atom stereocenters. The van der Waals surface area contributed by atoms with Gasteiger partial charge in [-0.05, 0) is 70.6 Å². The molecule has 0 bridgehead atoms. The Balaban J connectivity index is 2.72. The fraction of sp³-hybridized carbons (Fsp3) is 0.763. The molecule has 1 aliphatic rings. The minimum atomic E-state index is -1.92. The summed E-state index contributed by atoms with van der Waals surface area (Å²) in [6.07, 6.45) is 45.1. The lowest BCUT2D eigenvalue weighted by molar-refractivity contribution is -0.301. The lowest BCUT2D eigenvalue weighted by Crippen LogP contribution is -2.61. The van der Waals surface area contributed by atoms with Gasteiger partial charge in [-0.1, -0.05) is 210 Å². The first-order valence-electron chi connectivity index (χ1n) is 28.3. The Labute approximate surface area is 430 Å². The highest BCUT2D eigenvalue weighted by Crippen LogP contribution is 2.26. The van der Waals surface area contributed by atoms with Crippen molar-refractivity contribution >= 4 is 23.9 Å². The zero-order chi connectivity index (χ0) is 51.8. The predicted molar refractivity (Wildman–Crippen MR) is 285 cm³/mol. The summed E-state index contributed by atoms with van der Waals surface area (Å²) in [5.74, 6) is -3.22. The summed E-state index contributed by atoms with van der Waals surface area (Å²) >= 11 is 0. The normalized spacial score (nSPS) is 18.9. The van der Waals surface area contributed by atoms with Crippen LogP contribution in [0, 0.1) is 0 Å². The first-order valence-corrected chi connectivity index (χ1v) is 28.3. The Bertz CT molecular complexity index is 1470. The van der Waals surface area contributed by atoms with Crippen molar-refractivity contribution < 1.29 is 58.2 Å². The number of carbonyl (C=O) groups is 4. The maximum absolute atomic E-state index is 13.1. The van der Waals surface area contributed by atoms with Gasteiger partial charge in [-0.2, -0.15) is 0 Å². The number of aliphatic carboxylic acids is 1. The summed E-state index contributed by atoms with van der Waals surface area (Å²) in [5.41, 5.74) is 0. The highest BCUT2D eigenvalue weighted by Gasteiger charge is 2.50. The Morgan fingerprint density at radius 3 is 1.41 bits per heavy atom. The van der Waals surface area contributed by atoms with E-state index < -0.39 is 67.3 Å². The molecule has 3 N–H and O–H groups in total. The number of unbranched alkanes of at least 4 members (excludes halogenated alkanes) is 23. The average molecular weight is 1000 g/mol. The lowest BCUT2D eigenvalue weighted by atomic mass is 9.98. The average Bonchev–Trinajstić information content (AvgIpc) is 3.35. The third-order valence-corrected chi connectivity index (χ3v) is 12.6. The summed E-state index contributed by atoms with van der Waals surface area (Å²) in [6, 6.07) is 0. The van der Waals surface area contributed by atoms with Crippen LogP contribution in [0.5, 0.6) is 0 Å². The smallest absolute Gasteiger partial charge is 0.335 e. The van der Waals surface area contributed by atoms with Gasteiger partial charge < -0.3 is 39.0 Å². The fourth-order valence-corrected chi connectivity index (χ4v) is 8.26. The van der Waals surface area contributed by atoms with Crippen LogP contribution in [0.4, 0.5) is 0 Å². The molecule has 0 radical (unpaired) electrons. The molecular weight excluding hydrogens is 901 g/mol. The molecule has 0 aromatic carbocycles. The van der Waals surface area contributed by atoms with E-state index in [1.54, 1.807) is 0 Å². The molecule has 408 valence electrons. The van der Waals surface area contributed by atoms with Crippen LogP contribution in [0.3, 0.4) is 0 Å². The second kappa shape index (κ2) is 47.4. The van der Waals surface area contributed by atoms with E-state index in [4.69, 9.17) is 23.7 Å². The topological polar surface area (TPSA) is 175 Å². The lowest BCUT2D eigenvalue weighted by Gasteiger charge is -2.40. The Hall–Kier alpha value is -3.58. The zero-order valence-corrected chi connectivity index (χ0v) is 44.7. The number of rotatable bonds is 47. The number of carbonyl (C=O) groups excluding carboxylic acids is 3. The van der Waals surface area contributed by atoms with Gasteiger partial charge in [0.05, 0.1) is 6.61 Å². The summed E-state index contributed by atoms with van der Waals surface area (Å²) in [7, 11) is 0. The molecule has 12 nitrogen and oxygen atoms in total. The second-order valence-corrected chi connectivity index (χ2v) is 19.2. The molecule has 1 fully saturated rings. The van der Waals surface area contributed by atoms with Gasteiger partial charge >= 0.3 is 23.9 Å². The molecule has 0 aromatic rings. The zero-order valence-electron chi connectivity index (χ0n) is 44.7. The van der Waals surface area contributed by atoms with Crippen LogP contribution in [-0.4, -0.2) is 89.2 Å². The van der Waals surface area contributed by atoms with Gasteiger partial charge in [-0.3, -0.25) is 14.4 Å². The van der Waals surface area contributed by atoms with Crippen LogP contribution in [0.25, 0.3) is 0 Å².